The molecule has 1 unspecified atom stereocenters. The molecule has 2 aliphatic heterocycles. The number of fused-ring (bicyclic) bond motifs is 2. The van der Waals surface area contributed by atoms with E-state index in [-0.39, 0.29) is 30.3 Å². The number of H-pyrrole nitrogens is 1. The third-order valence-corrected chi connectivity index (χ3v) is 8.41. The van der Waals surface area contributed by atoms with Gasteiger partial charge in [-0.3, -0.25) is 9.88 Å². The fourth-order valence-electron chi connectivity index (χ4n) is 6.08. The molecule has 12 heteroatoms. The number of alkyl halides is 3. The van der Waals surface area contributed by atoms with Crippen molar-refractivity contribution in [2.45, 2.75) is 46.0 Å². The Morgan fingerprint density at radius 1 is 1.09 bits per heavy atom. The highest BCUT2D eigenvalue weighted by Crippen LogP contribution is 2.36. The summed E-state index contributed by atoms with van der Waals surface area (Å²) in [4.78, 5) is 31.4. The van der Waals surface area contributed by atoms with Crippen molar-refractivity contribution in [2.75, 3.05) is 44.6 Å². The Hall–Kier alpha value is -4.16. The summed E-state index contributed by atoms with van der Waals surface area (Å²) in [7, 11) is 0. The molecule has 2 N–H and O–H groups in total. The SMILES string of the molecule is CCN1CCN(Cc2ccc(NC(=O)N3Cc4cc(Oc5ccnc6[nH]c(C)cc56)cnc4C(C)C3)cc2C(F)(F)F)CC1. The van der Waals surface area contributed by atoms with Gasteiger partial charge in [-0.25, -0.2) is 9.78 Å². The van der Waals surface area contributed by atoms with Gasteiger partial charge in [0.2, 0.25) is 0 Å². The quantitative estimate of drug-likeness (QED) is 0.265. The van der Waals surface area contributed by atoms with Crippen molar-refractivity contribution in [2.24, 2.45) is 0 Å². The molecule has 0 radical (unpaired) electrons. The van der Waals surface area contributed by atoms with Crippen LogP contribution in [0.2, 0.25) is 0 Å². The van der Waals surface area contributed by atoms with E-state index in [1.165, 1.54) is 6.07 Å². The molecule has 9 nitrogen and oxygen atoms in total. The highest BCUT2D eigenvalue weighted by Gasteiger charge is 2.35. The molecule has 3 aromatic heterocycles. The van der Waals surface area contributed by atoms with Gasteiger partial charge in [0.15, 0.2) is 0 Å². The topological polar surface area (TPSA) is 89.6 Å². The van der Waals surface area contributed by atoms with Crippen LogP contribution in [0.3, 0.4) is 0 Å². The molecule has 0 saturated carbocycles. The zero-order valence-corrected chi connectivity index (χ0v) is 25.0. The molecule has 4 aromatic rings. The fraction of sp³-hybridized carbons (Fsp3) is 0.406. The Morgan fingerprint density at radius 3 is 2.61 bits per heavy atom. The molecule has 44 heavy (non-hydrogen) atoms. The number of aryl methyl sites for hydroxylation is 1. The number of nitrogens with zero attached hydrogens (tertiary/aromatic N) is 5. The highest BCUT2D eigenvalue weighted by atomic mass is 19.4. The second kappa shape index (κ2) is 12.1. The minimum atomic E-state index is -4.54. The van der Waals surface area contributed by atoms with Crippen molar-refractivity contribution in [3.8, 4) is 11.5 Å². The van der Waals surface area contributed by atoms with Crippen LogP contribution >= 0.6 is 0 Å². The molecule has 232 valence electrons. The van der Waals surface area contributed by atoms with Crippen LogP contribution in [0, 0.1) is 6.92 Å². The van der Waals surface area contributed by atoms with Crippen molar-refractivity contribution in [3.63, 3.8) is 0 Å². The number of halogens is 3. The first-order valence-electron chi connectivity index (χ1n) is 14.9. The molecule has 5 heterocycles. The lowest BCUT2D eigenvalue weighted by molar-refractivity contribution is -0.138. The van der Waals surface area contributed by atoms with Crippen LogP contribution in [0.1, 0.15) is 47.8 Å². The van der Waals surface area contributed by atoms with Crippen molar-refractivity contribution in [1.82, 2.24) is 29.7 Å². The monoisotopic (exact) mass is 607 g/mol. The van der Waals surface area contributed by atoms with Crippen LogP contribution < -0.4 is 10.1 Å². The lowest BCUT2D eigenvalue weighted by atomic mass is 9.96. The van der Waals surface area contributed by atoms with Crippen LogP contribution in [0.25, 0.3) is 11.0 Å². The van der Waals surface area contributed by atoms with Crippen LogP contribution in [0.5, 0.6) is 11.5 Å². The summed E-state index contributed by atoms with van der Waals surface area (Å²) in [6.07, 6.45) is -1.21. The standard InChI is InChI=1S/C32H36F3N7O2/c1-4-40-9-11-41(12-10-40)18-22-5-6-24(15-27(22)32(33,34)35)39-31(43)42-17-20(2)29-23(19-42)14-25(16-37-29)44-28-7-8-36-30-26(28)13-21(3)38-30/h5-8,13-16,20H,4,9-12,17-19H2,1-3H3,(H,36,38)(H,39,43). The smallest absolute Gasteiger partial charge is 0.416 e. The molecule has 0 bridgehead atoms. The molecule has 2 aliphatic rings. The molecule has 1 atom stereocenters. The lowest BCUT2D eigenvalue weighted by Gasteiger charge is -2.34. The number of hydrogen-bond acceptors (Lipinski definition) is 6. The number of pyridine rings is 2. The van der Waals surface area contributed by atoms with Crippen molar-refractivity contribution in [3.05, 3.63) is 76.9 Å². The number of benzene rings is 1. The number of hydrogen-bond donors (Lipinski definition) is 2. The van der Waals surface area contributed by atoms with Gasteiger partial charge in [0, 0.05) is 69.3 Å². The molecule has 0 aliphatic carbocycles. The molecule has 2 amide bonds. The van der Waals surface area contributed by atoms with Crippen molar-refractivity contribution in [1.29, 1.82) is 0 Å². The van der Waals surface area contributed by atoms with Gasteiger partial charge in [0.25, 0.3) is 0 Å². The first-order valence-corrected chi connectivity index (χ1v) is 14.9. The molecule has 1 aromatic carbocycles. The van der Waals surface area contributed by atoms with Gasteiger partial charge in [-0.15, -0.1) is 0 Å². The average Bonchev–Trinajstić information content (AvgIpc) is 3.39. The number of aromatic nitrogens is 3. The first-order chi connectivity index (χ1) is 21.1. The summed E-state index contributed by atoms with van der Waals surface area (Å²) < 4.78 is 48.5. The van der Waals surface area contributed by atoms with Crippen LogP contribution in [0.4, 0.5) is 23.7 Å². The molecule has 6 rings (SSSR count). The zero-order valence-electron chi connectivity index (χ0n) is 25.0. The number of piperazine rings is 1. The number of amides is 2. The van der Waals surface area contributed by atoms with Gasteiger partial charge >= 0.3 is 12.2 Å². The first kappa shape index (κ1) is 29.9. The van der Waals surface area contributed by atoms with Gasteiger partial charge in [0.05, 0.1) is 22.8 Å². The molecule has 1 saturated heterocycles. The average molecular weight is 608 g/mol. The van der Waals surface area contributed by atoms with E-state index in [4.69, 9.17) is 4.74 Å². The summed E-state index contributed by atoms with van der Waals surface area (Å²) >= 11 is 0. The van der Waals surface area contributed by atoms with Crippen LogP contribution in [0.15, 0.2) is 48.8 Å². The Labute approximate surface area is 254 Å². The Morgan fingerprint density at radius 2 is 1.86 bits per heavy atom. The second-order valence-electron chi connectivity index (χ2n) is 11.6. The minimum Gasteiger partial charge on any atom is -0.455 e. The predicted octanol–water partition coefficient (Wildman–Crippen LogP) is 6.37. The Bertz CT molecular complexity index is 1660. The number of rotatable bonds is 6. The number of carbonyl (C=O) groups excluding carboxylic acids is 1. The number of nitrogens with one attached hydrogen (secondary N) is 2. The number of urea groups is 1. The van der Waals surface area contributed by atoms with Gasteiger partial charge in [-0.2, -0.15) is 13.2 Å². The van der Waals surface area contributed by atoms with Crippen LogP contribution in [-0.4, -0.2) is 75.0 Å². The number of aromatic amines is 1. The van der Waals surface area contributed by atoms with E-state index in [2.05, 4.69) is 32.1 Å². The van der Waals surface area contributed by atoms with Crippen LogP contribution in [-0.2, 0) is 19.3 Å². The van der Waals surface area contributed by atoms with E-state index in [1.54, 1.807) is 29.4 Å². The van der Waals surface area contributed by atoms with Crippen molar-refractivity contribution < 1.29 is 22.7 Å². The maximum atomic E-state index is 14.1. The Balaban J connectivity index is 1.16. The zero-order chi connectivity index (χ0) is 31.0. The number of likely N-dealkylation sites (N-methyl/N-ethyl adjacent to an activating group) is 1. The molecular weight excluding hydrogens is 571 g/mol. The fourth-order valence-corrected chi connectivity index (χ4v) is 6.08. The van der Waals surface area contributed by atoms with Gasteiger partial charge in [-0.1, -0.05) is 19.9 Å². The molecular formula is C32H36F3N7O2. The Kier molecular flexibility index (Phi) is 8.21. The van der Waals surface area contributed by atoms with E-state index in [0.717, 1.165) is 66.8 Å². The molecule has 1 fully saturated rings. The number of ether oxygens (including phenoxy) is 1. The summed E-state index contributed by atoms with van der Waals surface area (Å²) in [6.45, 7) is 10.9. The van der Waals surface area contributed by atoms with Gasteiger partial charge in [0.1, 0.15) is 17.1 Å². The predicted molar refractivity (Wildman–Crippen MR) is 162 cm³/mol. The summed E-state index contributed by atoms with van der Waals surface area (Å²) in [6, 6.07) is 9.21. The van der Waals surface area contributed by atoms with E-state index in [9.17, 15) is 18.0 Å². The summed E-state index contributed by atoms with van der Waals surface area (Å²) in [5.41, 5.74) is 2.96. The van der Waals surface area contributed by atoms with Crippen molar-refractivity contribution >= 4 is 22.8 Å². The van der Waals surface area contributed by atoms with E-state index in [1.807, 2.05) is 30.9 Å². The maximum Gasteiger partial charge on any atom is 0.416 e. The third-order valence-electron chi connectivity index (χ3n) is 8.41. The third kappa shape index (κ3) is 6.36. The largest absolute Gasteiger partial charge is 0.455 e. The van der Waals surface area contributed by atoms with Gasteiger partial charge in [-0.05, 0) is 54.9 Å². The lowest BCUT2D eigenvalue weighted by Crippen LogP contribution is -2.45. The van der Waals surface area contributed by atoms with E-state index >= 15 is 0 Å². The number of anilines is 1. The highest BCUT2D eigenvalue weighted by molar-refractivity contribution is 5.89. The molecule has 0 spiro atoms. The number of carbonyl (C=O) groups is 1. The maximum absolute atomic E-state index is 14.1. The van der Waals surface area contributed by atoms with Gasteiger partial charge < -0.3 is 24.8 Å². The normalized spacial score (nSPS) is 18.0. The summed E-state index contributed by atoms with van der Waals surface area (Å²) in [5.74, 6) is 1.08. The second-order valence-corrected chi connectivity index (χ2v) is 11.6. The van der Waals surface area contributed by atoms with E-state index < -0.39 is 17.8 Å². The van der Waals surface area contributed by atoms with E-state index in [0.29, 0.717) is 18.0 Å². The minimum absolute atomic E-state index is 0.0696. The summed E-state index contributed by atoms with van der Waals surface area (Å²) in [5, 5.41) is 3.55.